The van der Waals surface area contributed by atoms with Crippen molar-refractivity contribution in [3.05, 3.63) is 53.5 Å². The molecule has 2 aromatic rings. The molecule has 0 saturated carbocycles. The molecule has 2 rings (SSSR count). The Kier molecular flexibility index (Phi) is 4.30. The standard InChI is InChI=1S/C15H16N2O3/c1-10-5-3-4-6-11(10)7-12(15(18)19)13-8-16-9-14(17-13)20-2/h3-6,8-9,12H,7H2,1-2H3,(H,18,19). The Balaban J connectivity index is 2.32. The summed E-state index contributed by atoms with van der Waals surface area (Å²) < 4.78 is 4.99. The third kappa shape index (κ3) is 3.12. The Morgan fingerprint density at radius 2 is 2.10 bits per heavy atom. The van der Waals surface area contributed by atoms with Crippen LogP contribution in [0.4, 0.5) is 0 Å². The lowest BCUT2D eigenvalue weighted by Gasteiger charge is -2.13. The monoisotopic (exact) mass is 272 g/mol. The average molecular weight is 272 g/mol. The molecule has 1 aromatic carbocycles. The van der Waals surface area contributed by atoms with E-state index < -0.39 is 11.9 Å². The molecule has 0 radical (unpaired) electrons. The molecule has 1 heterocycles. The van der Waals surface area contributed by atoms with Gasteiger partial charge in [-0.05, 0) is 24.5 Å². The number of rotatable bonds is 5. The minimum Gasteiger partial charge on any atom is -0.481 e. The maximum Gasteiger partial charge on any atom is 0.312 e. The minimum absolute atomic E-state index is 0.318. The highest BCUT2D eigenvalue weighted by Gasteiger charge is 2.23. The second-order valence-corrected chi connectivity index (χ2v) is 4.51. The zero-order valence-electron chi connectivity index (χ0n) is 11.4. The van der Waals surface area contributed by atoms with E-state index in [4.69, 9.17) is 4.74 Å². The quantitative estimate of drug-likeness (QED) is 0.903. The van der Waals surface area contributed by atoms with E-state index in [1.807, 2.05) is 31.2 Å². The van der Waals surface area contributed by atoms with Gasteiger partial charge in [-0.3, -0.25) is 9.78 Å². The Labute approximate surface area is 117 Å². The minimum atomic E-state index is -0.921. The van der Waals surface area contributed by atoms with Crippen molar-refractivity contribution in [3.63, 3.8) is 0 Å². The molecule has 104 valence electrons. The molecule has 0 aliphatic heterocycles. The maximum atomic E-state index is 11.5. The maximum absolute atomic E-state index is 11.5. The van der Waals surface area contributed by atoms with Crippen LogP contribution in [0.3, 0.4) is 0 Å². The fourth-order valence-corrected chi connectivity index (χ4v) is 2.01. The predicted molar refractivity (Wildman–Crippen MR) is 73.8 cm³/mol. The predicted octanol–water partition coefficient (Wildman–Crippen LogP) is 2.20. The zero-order valence-corrected chi connectivity index (χ0v) is 11.4. The van der Waals surface area contributed by atoms with Crippen LogP contribution in [-0.2, 0) is 11.2 Å². The van der Waals surface area contributed by atoms with Crippen LogP contribution in [0.25, 0.3) is 0 Å². The SMILES string of the molecule is COc1cncc(C(Cc2ccccc2C)C(=O)O)n1. The number of aromatic nitrogens is 2. The summed E-state index contributed by atoms with van der Waals surface area (Å²) >= 11 is 0. The van der Waals surface area contributed by atoms with Gasteiger partial charge < -0.3 is 9.84 Å². The van der Waals surface area contributed by atoms with Gasteiger partial charge in [-0.15, -0.1) is 0 Å². The van der Waals surface area contributed by atoms with E-state index in [-0.39, 0.29) is 0 Å². The van der Waals surface area contributed by atoms with E-state index >= 15 is 0 Å². The van der Waals surface area contributed by atoms with E-state index in [1.54, 1.807) is 0 Å². The van der Waals surface area contributed by atoms with Gasteiger partial charge in [-0.2, -0.15) is 0 Å². The number of nitrogens with zero attached hydrogens (tertiary/aromatic N) is 2. The zero-order chi connectivity index (χ0) is 14.5. The topological polar surface area (TPSA) is 72.3 Å². The van der Waals surface area contributed by atoms with Gasteiger partial charge in [0.1, 0.15) is 5.92 Å². The summed E-state index contributed by atoms with van der Waals surface area (Å²) in [5.41, 5.74) is 2.46. The second-order valence-electron chi connectivity index (χ2n) is 4.51. The molecule has 0 bridgehead atoms. The van der Waals surface area contributed by atoms with Crippen molar-refractivity contribution in [3.8, 4) is 5.88 Å². The first-order chi connectivity index (χ1) is 9.61. The average Bonchev–Trinajstić information content (AvgIpc) is 2.46. The number of methoxy groups -OCH3 is 1. The number of carbonyl (C=O) groups is 1. The molecule has 1 aromatic heterocycles. The molecular formula is C15H16N2O3. The molecule has 1 atom stereocenters. The van der Waals surface area contributed by atoms with Crippen LogP contribution >= 0.6 is 0 Å². The molecule has 0 spiro atoms. The third-order valence-corrected chi connectivity index (χ3v) is 3.18. The van der Waals surface area contributed by atoms with Gasteiger partial charge in [-0.1, -0.05) is 24.3 Å². The first-order valence-corrected chi connectivity index (χ1v) is 6.25. The van der Waals surface area contributed by atoms with Crippen molar-refractivity contribution < 1.29 is 14.6 Å². The van der Waals surface area contributed by atoms with E-state index in [2.05, 4.69) is 9.97 Å². The molecule has 0 amide bonds. The molecule has 1 N–H and O–H groups in total. The molecular weight excluding hydrogens is 256 g/mol. The summed E-state index contributed by atoms with van der Waals surface area (Å²) in [6, 6.07) is 7.73. The molecule has 0 fully saturated rings. The molecule has 5 nitrogen and oxygen atoms in total. The van der Waals surface area contributed by atoms with E-state index in [0.717, 1.165) is 11.1 Å². The molecule has 1 unspecified atom stereocenters. The van der Waals surface area contributed by atoms with Crippen molar-refractivity contribution in [2.75, 3.05) is 7.11 Å². The Morgan fingerprint density at radius 3 is 2.75 bits per heavy atom. The summed E-state index contributed by atoms with van der Waals surface area (Å²) in [6.45, 7) is 1.96. The van der Waals surface area contributed by atoms with Crippen LogP contribution < -0.4 is 4.74 Å². The number of ether oxygens (including phenoxy) is 1. The third-order valence-electron chi connectivity index (χ3n) is 3.18. The van der Waals surface area contributed by atoms with Crippen LogP contribution in [0, 0.1) is 6.92 Å². The largest absolute Gasteiger partial charge is 0.481 e. The van der Waals surface area contributed by atoms with Crippen molar-refractivity contribution in [1.29, 1.82) is 0 Å². The molecule has 0 aliphatic rings. The number of hydrogen-bond acceptors (Lipinski definition) is 4. The summed E-state index contributed by atoms with van der Waals surface area (Å²) in [6.07, 6.45) is 3.31. The highest BCUT2D eigenvalue weighted by molar-refractivity contribution is 5.75. The lowest BCUT2D eigenvalue weighted by molar-refractivity contribution is -0.138. The summed E-state index contributed by atoms with van der Waals surface area (Å²) in [5, 5.41) is 9.43. The van der Waals surface area contributed by atoms with Crippen molar-refractivity contribution in [2.24, 2.45) is 0 Å². The molecule has 0 saturated heterocycles. The van der Waals surface area contributed by atoms with Gasteiger partial charge in [0.2, 0.25) is 5.88 Å². The number of hydrogen-bond donors (Lipinski definition) is 1. The van der Waals surface area contributed by atoms with Gasteiger partial charge in [0.05, 0.1) is 19.0 Å². The normalized spacial score (nSPS) is 11.9. The first kappa shape index (κ1) is 14.0. The first-order valence-electron chi connectivity index (χ1n) is 6.25. The van der Waals surface area contributed by atoms with E-state index in [1.165, 1.54) is 19.5 Å². The smallest absolute Gasteiger partial charge is 0.312 e. The van der Waals surface area contributed by atoms with Gasteiger partial charge >= 0.3 is 5.97 Å². The summed E-state index contributed by atoms with van der Waals surface area (Å²) in [5.74, 6) is -1.34. The van der Waals surface area contributed by atoms with Crippen LogP contribution in [0.5, 0.6) is 5.88 Å². The summed E-state index contributed by atoms with van der Waals surface area (Å²) in [7, 11) is 1.48. The number of aliphatic carboxylic acids is 1. The van der Waals surface area contributed by atoms with Gasteiger partial charge in [-0.25, -0.2) is 4.98 Å². The van der Waals surface area contributed by atoms with Crippen molar-refractivity contribution in [1.82, 2.24) is 9.97 Å². The highest BCUT2D eigenvalue weighted by Crippen LogP contribution is 2.22. The van der Waals surface area contributed by atoms with E-state index in [9.17, 15) is 9.90 Å². The Morgan fingerprint density at radius 1 is 1.35 bits per heavy atom. The number of benzene rings is 1. The number of carboxylic acids is 1. The molecule has 0 aliphatic carbocycles. The fourth-order valence-electron chi connectivity index (χ4n) is 2.01. The van der Waals surface area contributed by atoms with Gasteiger partial charge in [0.25, 0.3) is 0 Å². The van der Waals surface area contributed by atoms with Crippen LogP contribution in [0.2, 0.25) is 0 Å². The van der Waals surface area contributed by atoms with Crippen LogP contribution in [-0.4, -0.2) is 28.2 Å². The molecule has 20 heavy (non-hydrogen) atoms. The Bertz CT molecular complexity index is 614. The number of aryl methyl sites for hydroxylation is 1. The van der Waals surface area contributed by atoms with Gasteiger partial charge in [0, 0.05) is 6.20 Å². The lowest BCUT2D eigenvalue weighted by Crippen LogP contribution is -2.17. The lowest BCUT2D eigenvalue weighted by atomic mass is 9.94. The number of carboxylic acid groups (broad SMARTS) is 1. The van der Waals surface area contributed by atoms with Crippen molar-refractivity contribution >= 4 is 5.97 Å². The second kappa shape index (κ2) is 6.14. The molecule has 5 heteroatoms. The van der Waals surface area contributed by atoms with Crippen molar-refractivity contribution in [2.45, 2.75) is 19.3 Å². The highest BCUT2D eigenvalue weighted by atomic mass is 16.5. The van der Waals surface area contributed by atoms with Crippen LogP contribution in [0.1, 0.15) is 22.7 Å². The van der Waals surface area contributed by atoms with Gasteiger partial charge in [0.15, 0.2) is 0 Å². The van der Waals surface area contributed by atoms with Crippen LogP contribution in [0.15, 0.2) is 36.7 Å². The van der Waals surface area contributed by atoms with E-state index in [0.29, 0.717) is 18.0 Å². The summed E-state index contributed by atoms with van der Waals surface area (Å²) in [4.78, 5) is 19.7. The Hall–Kier alpha value is -2.43. The fraction of sp³-hybridized carbons (Fsp3) is 0.267.